The van der Waals surface area contributed by atoms with Crippen LogP contribution in [-0.4, -0.2) is 50.6 Å². The molecule has 0 unspecified atom stereocenters. The third-order valence-corrected chi connectivity index (χ3v) is 5.37. The summed E-state index contributed by atoms with van der Waals surface area (Å²) in [4.78, 5) is 14.1. The van der Waals surface area contributed by atoms with Crippen molar-refractivity contribution >= 4 is 22.7 Å². The zero-order valence-electron chi connectivity index (χ0n) is 20.9. The molecule has 34 heavy (non-hydrogen) atoms. The summed E-state index contributed by atoms with van der Waals surface area (Å²) in [5, 5.41) is 8.77. The summed E-state index contributed by atoms with van der Waals surface area (Å²) in [6.45, 7) is 10.4. The van der Waals surface area contributed by atoms with Crippen LogP contribution in [0.5, 0.6) is 17.2 Å². The van der Waals surface area contributed by atoms with Gasteiger partial charge >= 0.3 is 0 Å². The van der Waals surface area contributed by atoms with E-state index in [-0.39, 0.29) is 11.5 Å². The molecule has 0 spiro atoms. The van der Waals surface area contributed by atoms with Crippen LogP contribution in [0, 0.1) is 0 Å². The van der Waals surface area contributed by atoms with Gasteiger partial charge in [-0.25, -0.2) is 19.6 Å². The van der Waals surface area contributed by atoms with Crippen molar-refractivity contribution in [2.75, 3.05) is 26.6 Å². The SMILES string of the molecule is COc1cc(-n2cnc(Nc3nc(C(C)C)nc4c3cnn4C(C)(C)C)c2)cc(OC)c1OC. The molecule has 0 amide bonds. The molecule has 10 nitrogen and oxygen atoms in total. The molecule has 0 fully saturated rings. The number of hydrogen-bond donors (Lipinski definition) is 1. The molecule has 0 atom stereocenters. The van der Waals surface area contributed by atoms with Crippen LogP contribution < -0.4 is 19.5 Å². The van der Waals surface area contributed by atoms with Crippen molar-refractivity contribution in [1.29, 1.82) is 0 Å². The Hall–Kier alpha value is -3.82. The Labute approximate surface area is 198 Å². The van der Waals surface area contributed by atoms with E-state index in [2.05, 4.69) is 50.0 Å². The molecule has 4 aromatic rings. The van der Waals surface area contributed by atoms with Gasteiger partial charge < -0.3 is 24.1 Å². The van der Waals surface area contributed by atoms with E-state index in [0.717, 1.165) is 22.5 Å². The van der Waals surface area contributed by atoms with Crippen molar-refractivity contribution in [1.82, 2.24) is 29.3 Å². The molecule has 3 aromatic heterocycles. The van der Waals surface area contributed by atoms with Crippen molar-refractivity contribution in [2.45, 2.75) is 46.1 Å². The van der Waals surface area contributed by atoms with E-state index in [1.54, 1.807) is 33.9 Å². The van der Waals surface area contributed by atoms with Gasteiger partial charge in [0.1, 0.15) is 23.8 Å². The van der Waals surface area contributed by atoms with E-state index < -0.39 is 0 Å². The molecule has 0 radical (unpaired) electrons. The lowest BCUT2D eigenvalue weighted by atomic mass is 10.1. The predicted octanol–water partition coefficient (Wildman–Crippen LogP) is 4.66. The second-order valence-corrected chi connectivity index (χ2v) is 9.22. The third kappa shape index (κ3) is 4.23. The van der Waals surface area contributed by atoms with E-state index in [0.29, 0.717) is 28.9 Å². The van der Waals surface area contributed by atoms with Crippen molar-refractivity contribution in [2.24, 2.45) is 0 Å². The quantitative estimate of drug-likeness (QED) is 0.421. The van der Waals surface area contributed by atoms with Gasteiger partial charge in [-0.3, -0.25) is 0 Å². The van der Waals surface area contributed by atoms with Crippen LogP contribution in [0.25, 0.3) is 16.7 Å². The second-order valence-electron chi connectivity index (χ2n) is 9.22. The van der Waals surface area contributed by atoms with Crippen LogP contribution >= 0.6 is 0 Å². The number of anilines is 2. The van der Waals surface area contributed by atoms with Crippen LogP contribution in [0.3, 0.4) is 0 Å². The molecule has 0 bridgehead atoms. The number of rotatable bonds is 7. The van der Waals surface area contributed by atoms with Crippen LogP contribution in [0.15, 0.2) is 30.9 Å². The van der Waals surface area contributed by atoms with Crippen LogP contribution in [-0.2, 0) is 5.54 Å². The predicted molar refractivity (Wildman–Crippen MR) is 131 cm³/mol. The Bertz CT molecular complexity index is 1290. The Kier molecular flexibility index (Phi) is 6.07. The molecule has 1 N–H and O–H groups in total. The zero-order chi connectivity index (χ0) is 24.6. The lowest BCUT2D eigenvalue weighted by Crippen LogP contribution is -2.23. The minimum absolute atomic E-state index is 0.157. The first-order valence-corrected chi connectivity index (χ1v) is 11.0. The highest BCUT2D eigenvalue weighted by Crippen LogP contribution is 2.39. The maximum atomic E-state index is 5.48. The average Bonchev–Trinajstić information content (AvgIpc) is 3.45. The first-order chi connectivity index (χ1) is 16.2. The first-order valence-electron chi connectivity index (χ1n) is 11.0. The maximum absolute atomic E-state index is 5.48. The molecule has 0 saturated heterocycles. The van der Waals surface area contributed by atoms with Gasteiger partial charge in [-0.15, -0.1) is 0 Å². The molecule has 3 heterocycles. The largest absolute Gasteiger partial charge is 0.493 e. The number of benzene rings is 1. The minimum Gasteiger partial charge on any atom is -0.493 e. The highest BCUT2D eigenvalue weighted by atomic mass is 16.5. The molecule has 0 aliphatic heterocycles. The first kappa shape index (κ1) is 23.3. The van der Waals surface area contributed by atoms with Gasteiger partial charge in [-0.1, -0.05) is 13.8 Å². The Balaban J connectivity index is 1.74. The van der Waals surface area contributed by atoms with Crippen LogP contribution in [0.4, 0.5) is 11.6 Å². The fourth-order valence-electron chi connectivity index (χ4n) is 3.64. The lowest BCUT2D eigenvalue weighted by molar-refractivity contribution is 0.324. The van der Waals surface area contributed by atoms with Gasteiger partial charge in [0.05, 0.1) is 50.3 Å². The summed E-state index contributed by atoms with van der Waals surface area (Å²) in [5.74, 6) is 3.86. The van der Waals surface area contributed by atoms with Crippen LogP contribution in [0.1, 0.15) is 46.4 Å². The molecular formula is C24H31N7O3. The topological polar surface area (TPSA) is 101 Å². The van der Waals surface area contributed by atoms with Gasteiger partial charge in [0.25, 0.3) is 0 Å². The zero-order valence-corrected chi connectivity index (χ0v) is 20.9. The summed E-state index contributed by atoms with van der Waals surface area (Å²) in [6, 6.07) is 3.72. The Morgan fingerprint density at radius 2 is 1.65 bits per heavy atom. The van der Waals surface area contributed by atoms with E-state index >= 15 is 0 Å². The van der Waals surface area contributed by atoms with Crippen molar-refractivity contribution < 1.29 is 14.2 Å². The van der Waals surface area contributed by atoms with Gasteiger partial charge in [-0.05, 0) is 20.8 Å². The standard InChI is InChI=1S/C24H31N7O3/c1-14(2)21-28-22(16-11-26-31(23(16)29-21)24(3,4)5)27-19-12-30(13-25-19)15-9-17(32-6)20(34-8)18(10-15)33-7/h9-14H,1-8H3,(H,27,28,29). The number of aromatic nitrogens is 6. The second kappa shape index (κ2) is 8.85. The number of methoxy groups -OCH3 is 3. The summed E-state index contributed by atoms with van der Waals surface area (Å²) < 4.78 is 20.2. The Morgan fingerprint density at radius 1 is 0.971 bits per heavy atom. The number of fused-ring (bicyclic) bond motifs is 1. The number of nitrogens with zero attached hydrogens (tertiary/aromatic N) is 6. The van der Waals surface area contributed by atoms with Crippen molar-refractivity contribution in [3.8, 4) is 22.9 Å². The summed E-state index contributed by atoms with van der Waals surface area (Å²) in [7, 11) is 4.76. The number of imidazole rings is 1. The molecule has 10 heteroatoms. The maximum Gasteiger partial charge on any atom is 0.203 e. The monoisotopic (exact) mass is 465 g/mol. The number of ether oxygens (including phenoxy) is 3. The van der Waals surface area contributed by atoms with Crippen molar-refractivity contribution in [3.05, 3.63) is 36.7 Å². The van der Waals surface area contributed by atoms with Gasteiger partial charge in [0, 0.05) is 18.1 Å². The fraction of sp³-hybridized carbons (Fsp3) is 0.417. The van der Waals surface area contributed by atoms with Gasteiger partial charge in [0.2, 0.25) is 5.75 Å². The molecule has 0 aliphatic rings. The van der Waals surface area contributed by atoms with Gasteiger partial charge in [0.15, 0.2) is 17.1 Å². The highest BCUT2D eigenvalue weighted by molar-refractivity contribution is 5.88. The molecule has 0 aliphatic carbocycles. The van der Waals surface area contributed by atoms with Gasteiger partial charge in [-0.2, -0.15) is 5.10 Å². The minimum atomic E-state index is -0.213. The lowest BCUT2D eigenvalue weighted by Gasteiger charge is -2.20. The highest BCUT2D eigenvalue weighted by Gasteiger charge is 2.22. The number of hydrogen-bond acceptors (Lipinski definition) is 8. The number of nitrogens with one attached hydrogen (secondary N) is 1. The molecule has 1 aromatic carbocycles. The summed E-state index contributed by atoms with van der Waals surface area (Å²) in [6.07, 6.45) is 5.38. The van der Waals surface area contributed by atoms with Crippen molar-refractivity contribution in [3.63, 3.8) is 0 Å². The van der Waals surface area contributed by atoms with Crippen LogP contribution in [0.2, 0.25) is 0 Å². The van der Waals surface area contributed by atoms with E-state index in [4.69, 9.17) is 24.2 Å². The Morgan fingerprint density at radius 3 is 2.21 bits per heavy atom. The van der Waals surface area contributed by atoms with E-state index in [1.807, 2.05) is 27.6 Å². The molecule has 4 rings (SSSR count). The summed E-state index contributed by atoms with van der Waals surface area (Å²) >= 11 is 0. The normalized spacial score (nSPS) is 11.8. The molecule has 180 valence electrons. The average molecular weight is 466 g/mol. The smallest absolute Gasteiger partial charge is 0.203 e. The third-order valence-electron chi connectivity index (χ3n) is 5.37. The van der Waals surface area contributed by atoms with E-state index in [9.17, 15) is 0 Å². The summed E-state index contributed by atoms with van der Waals surface area (Å²) in [5.41, 5.74) is 1.39. The molecule has 0 saturated carbocycles. The fourth-order valence-corrected chi connectivity index (χ4v) is 3.64. The molecular weight excluding hydrogens is 434 g/mol. The van der Waals surface area contributed by atoms with E-state index in [1.165, 1.54) is 0 Å².